The maximum absolute atomic E-state index is 12.1. The van der Waals surface area contributed by atoms with Gasteiger partial charge in [-0.25, -0.2) is 14.8 Å². The number of aromatic nitrogens is 3. The summed E-state index contributed by atoms with van der Waals surface area (Å²) in [6.07, 6.45) is 0.830. The van der Waals surface area contributed by atoms with Gasteiger partial charge in [0.25, 0.3) is 0 Å². The Hall–Kier alpha value is -2.87. The van der Waals surface area contributed by atoms with E-state index in [9.17, 15) is 9.90 Å². The number of ether oxygens (including phenoxy) is 1. The van der Waals surface area contributed by atoms with Crippen LogP contribution in [0.15, 0.2) is 18.2 Å². The number of rotatable bonds is 5. The Kier molecular flexibility index (Phi) is 4.35. The molecule has 0 saturated carbocycles. The molecule has 3 aromatic rings. The Bertz CT molecular complexity index is 1030. The highest BCUT2D eigenvalue weighted by Crippen LogP contribution is 2.32. The second-order valence-electron chi connectivity index (χ2n) is 6.73. The first-order chi connectivity index (χ1) is 13.1. The number of nitrogens with zero attached hydrogens (tertiary/aromatic N) is 4. The molecule has 8 nitrogen and oxygen atoms in total. The first kappa shape index (κ1) is 17.5. The van der Waals surface area contributed by atoms with Crippen molar-refractivity contribution in [2.24, 2.45) is 0 Å². The molecule has 1 unspecified atom stereocenters. The number of aliphatic hydroxyl groups excluding tert-OH is 1. The molecular weight excluding hydrogens is 346 g/mol. The average molecular weight is 369 g/mol. The van der Waals surface area contributed by atoms with Crippen LogP contribution in [0, 0.1) is 0 Å². The number of hydrogen-bond donors (Lipinski definition) is 2. The molecule has 1 fully saturated rings. The molecule has 1 atom stereocenters. The number of aryl methyl sites for hydroxylation is 2. The number of carbonyl (C=O) groups is 1. The van der Waals surface area contributed by atoms with Crippen LogP contribution in [0.3, 0.4) is 0 Å². The van der Waals surface area contributed by atoms with E-state index in [1.165, 1.54) is 4.90 Å². The summed E-state index contributed by atoms with van der Waals surface area (Å²) < 4.78 is 7.34. The number of imidazole rings is 1. The molecule has 3 heterocycles. The number of hydrogen-bond acceptors (Lipinski definition) is 6. The Morgan fingerprint density at radius 1 is 1.33 bits per heavy atom. The molecule has 1 aliphatic rings. The molecular formula is C19H23N5O3. The molecule has 1 aromatic carbocycles. The zero-order valence-corrected chi connectivity index (χ0v) is 15.5. The minimum Gasteiger partial charge on any atom is -0.441 e. The molecule has 8 heteroatoms. The van der Waals surface area contributed by atoms with Gasteiger partial charge in [0, 0.05) is 24.0 Å². The van der Waals surface area contributed by atoms with Crippen LogP contribution in [0.1, 0.15) is 26.1 Å². The van der Waals surface area contributed by atoms with Crippen molar-refractivity contribution in [3.05, 3.63) is 24.0 Å². The summed E-state index contributed by atoms with van der Waals surface area (Å²) in [4.78, 5) is 22.8. The monoisotopic (exact) mass is 369 g/mol. The molecule has 1 saturated heterocycles. The van der Waals surface area contributed by atoms with Gasteiger partial charge in [-0.2, -0.15) is 0 Å². The van der Waals surface area contributed by atoms with E-state index in [0.717, 1.165) is 41.6 Å². The fourth-order valence-electron chi connectivity index (χ4n) is 3.68. The van der Waals surface area contributed by atoms with Crippen LogP contribution < -0.4 is 10.6 Å². The van der Waals surface area contributed by atoms with Crippen molar-refractivity contribution in [1.82, 2.24) is 14.5 Å². The molecule has 2 aromatic heterocycles. The molecule has 0 spiro atoms. The van der Waals surface area contributed by atoms with Crippen LogP contribution in [0.25, 0.3) is 21.9 Å². The van der Waals surface area contributed by atoms with Crippen molar-refractivity contribution in [2.45, 2.75) is 39.3 Å². The second-order valence-corrected chi connectivity index (χ2v) is 6.73. The van der Waals surface area contributed by atoms with E-state index in [-0.39, 0.29) is 6.61 Å². The van der Waals surface area contributed by atoms with Gasteiger partial charge in [0.15, 0.2) is 5.82 Å². The molecule has 4 rings (SSSR count). The van der Waals surface area contributed by atoms with Crippen molar-refractivity contribution >= 4 is 39.5 Å². The number of fused-ring (bicyclic) bond motifs is 3. The SMILES string of the molecule is CCCn1c(CC)nc2c(N)nc3cc(N4CC(CO)OC4=O)ccc3c21. The van der Waals surface area contributed by atoms with Crippen molar-refractivity contribution in [2.75, 3.05) is 23.8 Å². The number of pyridine rings is 1. The number of nitrogen functional groups attached to an aromatic ring is 1. The zero-order chi connectivity index (χ0) is 19.1. The van der Waals surface area contributed by atoms with Crippen LogP contribution in [0.4, 0.5) is 16.3 Å². The molecule has 142 valence electrons. The lowest BCUT2D eigenvalue weighted by Crippen LogP contribution is -2.25. The Labute approximate surface area is 156 Å². The highest BCUT2D eigenvalue weighted by Gasteiger charge is 2.32. The van der Waals surface area contributed by atoms with E-state index in [0.29, 0.717) is 23.6 Å². The number of aliphatic hydroxyl groups is 1. The van der Waals surface area contributed by atoms with Gasteiger partial charge in [0.05, 0.1) is 24.2 Å². The smallest absolute Gasteiger partial charge is 0.414 e. The molecule has 1 aliphatic heterocycles. The number of benzene rings is 1. The van der Waals surface area contributed by atoms with E-state index in [4.69, 9.17) is 15.5 Å². The van der Waals surface area contributed by atoms with Gasteiger partial charge in [-0.3, -0.25) is 4.90 Å². The maximum Gasteiger partial charge on any atom is 0.414 e. The normalized spacial score (nSPS) is 17.2. The molecule has 0 aliphatic carbocycles. The van der Waals surface area contributed by atoms with E-state index in [2.05, 4.69) is 23.4 Å². The minimum atomic E-state index is -0.508. The average Bonchev–Trinajstić information content (AvgIpc) is 3.23. The zero-order valence-electron chi connectivity index (χ0n) is 15.5. The summed E-state index contributed by atoms with van der Waals surface area (Å²) >= 11 is 0. The van der Waals surface area contributed by atoms with Crippen molar-refractivity contribution in [3.8, 4) is 0 Å². The van der Waals surface area contributed by atoms with Crippen LogP contribution in [0.2, 0.25) is 0 Å². The van der Waals surface area contributed by atoms with E-state index >= 15 is 0 Å². The minimum absolute atomic E-state index is 0.197. The molecule has 0 bridgehead atoms. The van der Waals surface area contributed by atoms with E-state index < -0.39 is 12.2 Å². The first-order valence-corrected chi connectivity index (χ1v) is 9.24. The Morgan fingerprint density at radius 2 is 2.15 bits per heavy atom. The lowest BCUT2D eigenvalue weighted by molar-refractivity contribution is 0.0963. The topological polar surface area (TPSA) is 106 Å². The van der Waals surface area contributed by atoms with Gasteiger partial charge < -0.3 is 20.1 Å². The van der Waals surface area contributed by atoms with Gasteiger partial charge in [-0.05, 0) is 24.6 Å². The summed E-state index contributed by atoms with van der Waals surface area (Å²) in [7, 11) is 0. The molecule has 3 N–H and O–H groups in total. The molecule has 0 radical (unpaired) electrons. The van der Waals surface area contributed by atoms with Gasteiger partial charge in [0.2, 0.25) is 0 Å². The number of nitrogens with two attached hydrogens (primary N) is 1. The van der Waals surface area contributed by atoms with Crippen molar-refractivity contribution in [3.63, 3.8) is 0 Å². The number of cyclic esters (lactones) is 1. The fraction of sp³-hybridized carbons (Fsp3) is 0.421. The van der Waals surface area contributed by atoms with Gasteiger partial charge in [-0.1, -0.05) is 13.8 Å². The number of anilines is 2. The summed E-state index contributed by atoms with van der Waals surface area (Å²) in [6.45, 7) is 5.18. The second kappa shape index (κ2) is 6.70. The molecule has 1 amide bonds. The lowest BCUT2D eigenvalue weighted by Gasteiger charge is -2.14. The third-order valence-electron chi connectivity index (χ3n) is 4.92. The van der Waals surface area contributed by atoms with Crippen molar-refractivity contribution < 1.29 is 14.6 Å². The Balaban J connectivity index is 1.89. The predicted molar refractivity (Wildman–Crippen MR) is 104 cm³/mol. The first-order valence-electron chi connectivity index (χ1n) is 9.24. The predicted octanol–water partition coefficient (Wildman–Crippen LogP) is 2.46. The standard InChI is InChI=1S/C19H23N5O3/c1-3-7-23-15(4-2)22-16-17(23)13-6-5-11(8-14(13)21-18(16)20)24-9-12(10-25)27-19(24)26/h5-6,8,12,25H,3-4,7,9-10H2,1-2H3,(H2,20,21). The number of amides is 1. The van der Waals surface area contributed by atoms with E-state index in [1.807, 2.05) is 18.2 Å². The third-order valence-corrected chi connectivity index (χ3v) is 4.92. The maximum atomic E-state index is 12.1. The quantitative estimate of drug-likeness (QED) is 0.715. The highest BCUT2D eigenvalue weighted by atomic mass is 16.6. The summed E-state index contributed by atoms with van der Waals surface area (Å²) in [5, 5.41) is 10.2. The van der Waals surface area contributed by atoms with Crippen LogP contribution in [-0.4, -0.2) is 45.0 Å². The van der Waals surface area contributed by atoms with Gasteiger partial charge in [-0.15, -0.1) is 0 Å². The summed E-state index contributed by atoms with van der Waals surface area (Å²) in [6, 6.07) is 5.66. The fourth-order valence-corrected chi connectivity index (χ4v) is 3.68. The van der Waals surface area contributed by atoms with Crippen LogP contribution in [0.5, 0.6) is 0 Å². The van der Waals surface area contributed by atoms with Gasteiger partial charge >= 0.3 is 6.09 Å². The van der Waals surface area contributed by atoms with Crippen LogP contribution >= 0.6 is 0 Å². The lowest BCUT2D eigenvalue weighted by atomic mass is 10.1. The summed E-state index contributed by atoms with van der Waals surface area (Å²) in [5.74, 6) is 1.38. The van der Waals surface area contributed by atoms with Crippen molar-refractivity contribution in [1.29, 1.82) is 0 Å². The van der Waals surface area contributed by atoms with E-state index in [1.54, 1.807) is 0 Å². The van der Waals surface area contributed by atoms with Gasteiger partial charge in [0.1, 0.15) is 17.4 Å². The number of carbonyl (C=O) groups excluding carboxylic acids is 1. The largest absolute Gasteiger partial charge is 0.441 e. The third kappa shape index (κ3) is 2.76. The summed E-state index contributed by atoms with van der Waals surface area (Å²) in [5.41, 5.74) is 9.29. The Morgan fingerprint density at radius 3 is 2.81 bits per heavy atom. The highest BCUT2D eigenvalue weighted by molar-refractivity contribution is 6.08. The molecule has 27 heavy (non-hydrogen) atoms. The van der Waals surface area contributed by atoms with Crippen LogP contribution in [-0.2, 0) is 17.7 Å².